The largest absolute Gasteiger partial charge is 0.462 e. The number of carbonyl (C=O) groups excluding carboxylic acids is 3. The van der Waals surface area contributed by atoms with Gasteiger partial charge in [0.05, 0.1) is 23.5 Å². The highest BCUT2D eigenvalue weighted by Crippen LogP contribution is 2.23. The van der Waals surface area contributed by atoms with E-state index in [-0.39, 0.29) is 11.7 Å². The maximum atomic E-state index is 12.9. The van der Waals surface area contributed by atoms with E-state index in [1.165, 1.54) is 17.2 Å². The van der Waals surface area contributed by atoms with Gasteiger partial charge in [-0.15, -0.1) is 0 Å². The second-order valence-electron chi connectivity index (χ2n) is 5.97. The number of hydrogen-bond acceptors (Lipinski definition) is 6. The Morgan fingerprint density at radius 1 is 1.28 bits per heavy atom. The van der Waals surface area contributed by atoms with Crippen molar-refractivity contribution >= 4 is 64.3 Å². The molecule has 0 aromatic heterocycles. The summed E-state index contributed by atoms with van der Waals surface area (Å²) in [5.41, 5.74) is 1.21. The second-order valence-corrected chi connectivity index (χ2v) is 6.79. The first-order valence-corrected chi connectivity index (χ1v) is 9.45. The summed E-state index contributed by atoms with van der Waals surface area (Å²) in [4.78, 5) is 42.4. The van der Waals surface area contributed by atoms with Crippen molar-refractivity contribution in [2.24, 2.45) is 10.9 Å². The Balaban J connectivity index is 1.84. The van der Waals surface area contributed by atoms with Crippen molar-refractivity contribution in [2.75, 3.05) is 11.5 Å². The molecule has 1 N–H and O–H groups in total. The van der Waals surface area contributed by atoms with E-state index in [4.69, 9.17) is 28.6 Å². The van der Waals surface area contributed by atoms with Crippen LogP contribution in [0.1, 0.15) is 17.3 Å². The van der Waals surface area contributed by atoms with E-state index in [0.29, 0.717) is 22.0 Å². The smallest absolute Gasteiger partial charge is 0.338 e. The highest BCUT2D eigenvalue weighted by molar-refractivity contribution is 7.80. The maximum Gasteiger partial charge on any atom is 0.338 e. The first kappa shape index (κ1) is 20.6. The van der Waals surface area contributed by atoms with E-state index in [1.807, 2.05) is 0 Å². The predicted octanol–water partition coefficient (Wildman–Crippen LogP) is 3.28. The third kappa shape index (κ3) is 4.67. The minimum absolute atomic E-state index is 0.0173. The summed E-state index contributed by atoms with van der Waals surface area (Å²) in [6.45, 7) is 1.97. The lowest BCUT2D eigenvalue weighted by Crippen LogP contribution is -2.58. The number of nitrogens with zero attached hydrogens (tertiary/aromatic N) is 2. The molecular formula is C20H16ClN3O4S. The molecule has 29 heavy (non-hydrogen) atoms. The lowest BCUT2D eigenvalue weighted by Gasteiger charge is -2.30. The number of halogens is 1. The number of anilines is 1. The molecule has 0 bridgehead atoms. The molecule has 148 valence electrons. The molecule has 3 rings (SSSR count). The highest BCUT2D eigenvalue weighted by Gasteiger charge is 2.38. The molecule has 1 saturated heterocycles. The minimum Gasteiger partial charge on any atom is -0.462 e. The van der Waals surface area contributed by atoms with Crippen molar-refractivity contribution in [2.45, 2.75) is 6.92 Å². The number of hydrogen-bond donors (Lipinski definition) is 1. The number of amides is 2. The van der Waals surface area contributed by atoms with Gasteiger partial charge in [0, 0.05) is 11.2 Å². The van der Waals surface area contributed by atoms with E-state index in [2.05, 4.69) is 10.3 Å². The van der Waals surface area contributed by atoms with Crippen molar-refractivity contribution in [1.82, 2.24) is 5.32 Å². The Morgan fingerprint density at radius 2 is 2.00 bits per heavy atom. The van der Waals surface area contributed by atoms with Crippen molar-refractivity contribution in [3.05, 3.63) is 59.1 Å². The van der Waals surface area contributed by atoms with Crippen LogP contribution in [0.3, 0.4) is 0 Å². The van der Waals surface area contributed by atoms with Crippen LogP contribution >= 0.6 is 23.8 Å². The van der Waals surface area contributed by atoms with Crippen LogP contribution in [0.4, 0.5) is 11.4 Å². The molecule has 0 aliphatic carbocycles. The molecule has 0 radical (unpaired) electrons. The van der Waals surface area contributed by atoms with Gasteiger partial charge in [0.25, 0.3) is 5.91 Å². The molecule has 0 saturated carbocycles. The fourth-order valence-electron chi connectivity index (χ4n) is 2.64. The van der Waals surface area contributed by atoms with Crippen molar-refractivity contribution < 1.29 is 19.1 Å². The number of rotatable bonds is 5. The Bertz CT molecular complexity index is 1010. The Labute approximate surface area is 177 Å². The average molecular weight is 430 g/mol. The van der Waals surface area contributed by atoms with Gasteiger partial charge in [-0.1, -0.05) is 17.7 Å². The number of nitrogens with one attached hydrogen (secondary N) is 1. The SMILES string of the molecule is CCOC(=O)c1cccc(N=C[C@@H]2C(=O)NC(=S)N(c3ccc(Cl)cc3)C2=O)c1. The van der Waals surface area contributed by atoms with E-state index in [9.17, 15) is 14.4 Å². The topological polar surface area (TPSA) is 88.1 Å². The van der Waals surface area contributed by atoms with E-state index >= 15 is 0 Å². The number of benzene rings is 2. The van der Waals surface area contributed by atoms with E-state index in [0.717, 1.165) is 0 Å². The molecule has 2 aromatic carbocycles. The fraction of sp³-hybridized carbons (Fsp3) is 0.150. The van der Waals surface area contributed by atoms with Gasteiger partial charge in [0.2, 0.25) is 5.91 Å². The highest BCUT2D eigenvalue weighted by atomic mass is 35.5. The van der Waals surface area contributed by atoms with Gasteiger partial charge in [0.1, 0.15) is 0 Å². The molecule has 0 unspecified atom stereocenters. The van der Waals surface area contributed by atoms with Crippen LogP contribution in [0.2, 0.25) is 5.02 Å². The van der Waals surface area contributed by atoms with Gasteiger partial charge in [-0.3, -0.25) is 19.5 Å². The van der Waals surface area contributed by atoms with Gasteiger partial charge >= 0.3 is 5.97 Å². The molecule has 1 fully saturated rings. The monoisotopic (exact) mass is 429 g/mol. The third-order valence-electron chi connectivity index (χ3n) is 4.02. The van der Waals surface area contributed by atoms with Gasteiger partial charge in [-0.2, -0.15) is 0 Å². The van der Waals surface area contributed by atoms with Crippen LogP contribution in [-0.2, 0) is 14.3 Å². The molecular weight excluding hydrogens is 414 g/mol. The quantitative estimate of drug-likeness (QED) is 0.341. The first-order valence-electron chi connectivity index (χ1n) is 8.66. The predicted molar refractivity (Wildman–Crippen MR) is 114 cm³/mol. The molecule has 1 aliphatic rings. The molecule has 1 aliphatic heterocycles. The summed E-state index contributed by atoms with van der Waals surface area (Å²) in [7, 11) is 0. The number of carbonyl (C=O) groups is 3. The Hall–Kier alpha value is -3.10. The van der Waals surface area contributed by atoms with Crippen LogP contribution < -0.4 is 10.2 Å². The zero-order valence-electron chi connectivity index (χ0n) is 15.3. The standard InChI is InChI=1S/C20H16ClN3O4S/c1-2-28-19(27)12-4-3-5-14(10-12)22-11-16-17(25)23-20(29)24(18(16)26)15-8-6-13(21)7-9-15/h3-11,16H,2H2,1H3,(H,23,25,29)/t16-/m1/s1. The summed E-state index contributed by atoms with van der Waals surface area (Å²) in [6, 6.07) is 12.9. The lowest BCUT2D eigenvalue weighted by molar-refractivity contribution is -0.130. The number of ether oxygens (including phenoxy) is 1. The van der Waals surface area contributed by atoms with Gasteiger partial charge < -0.3 is 10.1 Å². The first-order chi connectivity index (χ1) is 13.9. The Morgan fingerprint density at radius 3 is 2.69 bits per heavy atom. The van der Waals surface area contributed by atoms with Gasteiger partial charge in [-0.05, 0) is 61.6 Å². The number of aliphatic imine (C=N–C) groups is 1. The van der Waals surface area contributed by atoms with Crippen LogP contribution in [0.15, 0.2) is 53.5 Å². The number of esters is 1. The zero-order chi connectivity index (χ0) is 21.0. The lowest BCUT2D eigenvalue weighted by atomic mass is 10.1. The van der Waals surface area contributed by atoms with Crippen LogP contribution in [0.5, 0.6) is 0 Å². The summed E-state index contributed by atoms with van der Waals surface area (Å²) in [5.74, 6) is -2.76. The molecule has 1 heterocycles. The van der Waals surface area contributed by atoms with Crippen LogP contribution in [-0.4, -0.2) is 35.7 Å². The van der Waals surface area contributed by atoms with Crippen molar-refractivity contribution in [3.63, 3.8) is 0 Å². The van der Waals surface area contributed by atoms with Crippen molar-refractivity contribution in [1.29, 1.82) is 0 Å². The van der Waals surface area contributed by atoms with Crippen molar-refractivity contribution in [3.8, 4) is 0 Å². The second kappa shape index (κ2) is 8.93. The van der Waals surface area contributed by atoms with Crippen LogP contribution in [0.25, 0.3) is 0 Å². The fourth-order valence-corrected chi connectivity index (χ4v) is 3.07. The molecule has 0 spiro atoms. The zero-order valence-corrected chi connectivity index (χ0v) is 16.9. The average Bonchev–Trinajstić information content (AvgIpc) is 2.69. The summed E-state index contributed by atoms with van der Waals surface area (Å²) in [6.07, 6.45) is 1.23. The normalized spacial score (nSPS) is 16.8. The summed E-state index contributed by atoms with van der Waals surface area (Å²) < 4.78 is 4.96. The molecule has 2 amide bonds. The summed E-state index contributed by atoms with van der Waals surface area (Å²) in [5, 5.41) is 2.99. The minimum atomic E-state index is -1.18. The molecule has 7 nitrogen and oxygen atoms in total. The summed E-state index contributed by atoms with van der Waals surface area (Å²) >= 11 is 11.0. The van der Waals surface area contributed by atoms with Gasteiger partial charge in [-0.25, -0.2) is 4.79 Å². The third-order valence-corrected chi connectivity index (χ3v) is 4.55. The molecule has 9 heteroatoms. The van der Waals surface area contributed by atoms with Crippen LogP contribution in [0, 0.1) is 5.92 Å². The number of thiocarbonyl (C=S) groups is 1. The van der Waals surface area contributed by atoms with Gasteiger partial charge in [0.15, 0.2) is 11.0 Å². The van der Waals surface area contributed by atoms with E-state index in [1.54, 1.807) is 49.4 Å². The Kier molecular flexibility index (Phi) is 6.36. The molecule has 1 atom stereocenters. The maximum absolute atomic E-state index is 12.9. The molecule has 2 aromatic rings. The van der Waals surface area contributed by atoms with E-state index < -0.39 is 23.7 Å².